The molecule has 0 aliphatic carbocycles. The van der Waals surface area contributed by atoms with Crippen molar-refractivity contribution in [3.63, 3.8) is 0 Å². The van der Waals surface area contributed by atoms with E-state index in [2.05, 4.69) is 6.07 Å². The van der Waals surface area contributed by atoms with Crippen LogP contribution in [0.1, 0.15) is 16.7 Å². The lowest BCUT2D eigenvalue weighted by Crippen LogP contribution is -2.27. The van der Waals surface area contributed by atoms with E-state index in [1.54, 1.807) is 54.6 Å². The van der Waals surface area contributed by atoms with E-state index in [1.807, 2.05) is 0 Å². The smallest absolute Gasteiger partial charge is 0.341 e. The molecule has 0 aromatic heterocycles. The Balaban J connectivity index is 1.74. The fourth-order valence-corrected chi connectivity index (χ4v) is 3.37. The summed E-state index contributed by atoms with van der Waals surface area (Å²) in [5, 5.41) is 17.4. The minimum atomic E-state index is -1.07. The highest BCUT2D eigenvalue weighted by Gasteiger charge is 2.35. The number of amides is 2. The minimum absolute atomic E-state index is 0.0354. The van der Waals surface area contributed by atoms with E-state index >= 15 is 0 Å². The molecule has 28 heavy (non-hydrogen) atoms. The van der Waals surface area contributed by atoms with Crippen molar-refractivity contribution in [2.45, 2.75) is 6.54 Å². The summed E-state index contributed by atoms with van der Waals surface area (Å²) < 4.78 is 5.05. The van der Waals surface area contributed by atoms with Crippen molar-refractivity contribution in [1.82, 2.24) is 4.90 Å². The summed E-state index contributed by atoms with van der Waals surface area (Å²) in [7, 11) is 0. The number of nitriles is 1. The van der Waals surface area contributed by atoms with Crippen LogP contribution >= 0.6 is 11.8 Å². The van der Waals surface area contributed by atoms with Gasteiger partial charge in [0.1, 0.15) is 5.75 Å². The normalized spacial score (nSPS) is 15.0. The van der Waals surface area contributed by atoms with Crippen LogP contribution in [-0.2, 0) is 16.1 Å². The van der Waals surface area contributed by atoms with Gasteiger partial charge in [0.05, 0.1) is 23.1 Å². The second-order valence-electron chi connectivity index (χ2n) is 5.79. The molecule has 0 radical (unpaired) electrons. The number of hydrogen-bond donors (Lipinski definition) is 1. The number of benzene rings is 2. The Hall–Kier alpha value is -3.57. The standard InChI is InChI=1S/C20H14N2O5S/c21-10-14-3-1-2-4-15(14)11-22-19(25)17(28-20(22)26)9-13-5-7-16(8-6-13)27-12-18(23)24/h1-9H,11-12H2,(H,23,24)/b17-9+. The number of ether oxygens (including phenoxy) is 1. The molecule has 1 saturated heterocycles. The van der Waals surface area contributed by atoms with Gasteiger partial charge in [-0.2, -0.15) is 5.26 Å². The molecule has 2 amide bonds. The maximum atomic E-state index is 12.6. The van der Waals surface area contributed by atoms with Gasteiger partial charge in [-0.25, -0.2) is 4.79 Å². The average Bonchev–Trinajstić information content (AvgIpc) is 2.95. The third-order valence-electron chi connectivity index (χ3n) is 3.88. The van der Waals surface area contributed by atoms with Crippen molar-refractivity contribution in [2.75, 3.05) is 6.61 Å². The van der Waals surface area contributed by atoms with E-state index in [1.165, 1.54) is 0 Å². The second kappa shape index (κ2) is 8.41. The highest BCUT2D eigenvalue weighted by atomic mass is 32.2. The van der Waals surface area contributed by atoms with Crippen molar-refractivity contribution in [3.05, 3.63) is 70.1 Å². The van der Waals surface area contributed by atoms with Crippen molar-refractivity contribution < 1.29 is 24.2 Å². The molecule has 7 nitrogen and oxygen atoms in total. The minimum Gasteiger partial charge on any atom is -0.482 e. The summed E-state index contributed by atoms with van der Waals surface area (Å²) in [4.78, 5) is 36.8. The average molecular weight is 394 g/mol. The van der Waals surface area contributed by atoms with E-state index in [0.29, 0.717) is 22.4 Å². The van der Waals surface area contributed by atoms with Crippen LogP contribution in [0.15, 0.2) is 53.4 Å². The summed E-state index contributed by atoms with van der Waals surface area (Å²) >= 11 is 0.834. The van der Waals surface area contributed by atoms with Crippen LogP contribution < -0.4 is 4.74 Å². The fourth-order valence-electron chi connectivity index (χ4n) is 2.53. The fraction of sp³-hybridized carbons (Fsp3) is 0.100. The first-order valence-corrected chi connectivity index (χ1v) is 8.97. The van der Waals surface area contributed by atoms with E-state index in [-0.39, 0.29) is 11.4 Å². The van der Waals surface area contributed by atoms with E-state index < -0.39 is 23.7 Å². The molecule has 2 aromatic rings. The van der Waals surface area contributed by atoms with E-state index in [9.17, 15) is 14.4 Å². The molecule has 140 valence electrons. The summed E-state index contributed by atoms with van der Waals surface area (Å²) in [6, 6.07) is 15.4. The molecule has 0 bridgehead atoms. The molecule has 8 heteroatoms. The summed E-state index contributed by atoms with van der Waals surface area (Å²) in [5.41, 5.74) is 1.70. The summed E-state index contributed by atoms with van der Waals surface area (Å²) in [5.74, 6) is -1.11. The first kappa shape index (κ1) is 19.2. The predicted molar refractivity (Wildman–Crippen MR) is 102 cm³/mol. The first-order chi connectivity index (χ1) is 13.5. The molecule has 1 N–H and O–H groups in total. The molecule has 3 rings (SSSR count). The SMILES string of the molecule is N#Cc1ccccc1CN1C(=O)S/C(=C/c2ccc(OCC(=O)O)cc2)C1=O. The van der Waals surface area contributed by atoms with Gasteiger partial charge in [-0.05, 0) is 47.2 Å². The molecule has 1 fully saturated rings. The Bertz CT molecular complexity index is 1010. The van der Waals surface area contributed by atoms with Gasteiger partial charge in [0.25, 0.3) is 11.1 Å². The van der Waals surface area contributed by atoms with Gasteiger partial charge >= 0.3 is 5.97 Å². The summed E-state index contributed by atoms with van der Waals surface area (Å²) in [6.45, 7) is -0.407. The van der Waals surface area contributed by atoms with Crippen LogP contribution in [0.2, 0.25) is 0 Å². The quantitative estimate of drug-likeness (QED) is 0.749. The van der Waals surface area contributed by atoms with Gasteiger partial charge < -0.3 is 9.84 Å². The van der Waals surface area contributed by atoms with Crippen molar-refractivity contribution in [2.24, 2.45) is 0 Å². The Kier molecular flexibility index (Phi) is 5.77. The van der Waals surface area contributed by atoms with Gasteiger partial charge in [-0.15, -0.1) is 0 Å². The highest BCUT2D eigenvalue weighted by molar-refractivity contribution is 8.18. The largest absolute Gasteiger partial charge is 0.482 e. The number of carbonyl (C=O) groups excluding carboxylic acids is 2. The molecule has 0 saturated carbocycles. The van der Waals surface area contributed by atoms with Crippen LogP contribution in [0.4, 0.5) is 4.79 Å². The molecule has 0 spiro atoms. The topological polar surface area (TPSA) is 108 Å². The molecule has 0 unspecified atom stereocenters. The number of imide groups is 1. The third-order valence-corrected chi connectivity index (χ3v) is 4.79. The van der Waals surface area contributed by atoms with Crippen LogP contribution in [0, 0.1) is 11.3 Å². The number of carboxylic acid groups (broad SMARTS) is 1. The van der Waals surface area contributed by atoms with Gasteiger partial charge in [0, 0.05) is 0 Å². The Morgan fingerprint density at radius 3 is 2.57 bits per heavy atom. The van der Waals surface area contributed by atoms with Crippen LogP contribution in [0.25, 0.3) is 6.08 Å². The zero-order valence-corrected chi connectivity index (χ0v) is 15.3. The van der Waals surface area contributed by atoms with Crippen LogP contribution in [0.3, 0.4) is 0 Å². The van der Waals surface area contributed by atoms with Gasteiger partial charge in [0.2, 0.25) is 0 Å². The molecular weight excluding hydrogens is 380 g/mol. The maximum absolute atomic E-state index is 12.6. The number of thioether (sulfide) groups is 1. The highest BCUT2D eigenvalue weighted by Crippen LogP contribution is 2.33. The van der Waals surface area contributed by atoms with Gasteiger partial charge in [-0.1, -0.05) is 30.3 Å². The first-order valence-electron chi connectivity index (χ1n) is 8.16. The molecule has 1 aliphatic rings. The lowest BCUT2D eigenvalue weighted by molar-refractivity contribution is -0.139. The third kappa shape index (κ3) is 4.39. The Labute approximate surface area is 164 Å². The van der Waals surface area contributed by atoms with Crippen LogP contribution in [0.5, 0.6) is 5.75 Å². The van der Waals surface area contributed by atoms with Crippen molar-refractivity contribution >= 4 is 35.0 Å². The van der Waals surface area contributed by atoms with Crippen LogP contribution in [-0.4, -0.2) is 33.7 Å². The number of rotatable bonds is 6. The van der Waals surface area contributed by atoms with E-state index in [0.717, 1.165) is 16.7 Å². The number of hydrogen-bond acceptors (Lipinski definition) is 6. The number of aliphatic carboxylic acids is 1. The molecule has 1 heterocycles. The zero-order chi connectivity index (χ0) is 20.1. The summed E-state index contributed by atoms with van der Waals surface area (Å²) in [6.07, 6.45) is 1.59. The lowest BCUT2D eigenvalue weighted by atomic mass is 10.1. The van der Waals surface area contributed by atoms with Crippen molar-refractivity contribution in [3.8, 4) is 11.8 Å². The van der Waals surface area contributed by atoms with Crippen molar-refractivity contribution in [1.29, 1.82) is 5.26 Å². The number of carbonyl (C=O) groups is 3. The number of nitrogens with zero attached hydrogens (tertiary/aromatic N) is 2. The predicted octanol–water partition coefficient (Wildman–Crippen LogP) is 3.26. The molecule has 2 aromatic carbocycles. The van der Waals surface area contributed by atoms with E-state index in [4.69, 9.17) is 15.1 Å². The maximum Gasteiger partial charge on any atom is 0.341 e. The second-order valence-corrected chi connectivity index (χ2v) is 6.78. The molecule has 1 aliphatic heterocycles. The molecular formula is C20H14N2O5S. The zero-order valence-electron chi connectivity index (χ0n) is 14.5. The lowest BCUT2D eigenvalue weighted by Gasteiger charge is -2.13. The molecule has 0 atom stereocenters. The Morgan fingerprint density at radius 1 is 1.18 bits per heavy atom. The van der Waals surface area contributed by atoms with Gasteiger partial charge in [0.15, 0.2) is 6.61 Å². The van der Waals surface area contributed by atoms with Gasteiger partial charge in [-0.3, -0.25) is 14.5 Å². The Morgan fingerprint density at radius 2 is 1.89 bits per heavy atom. The monoisotopic (exact) mass is 394 g/mol. The number of carboxylic acids is 1.